The number of rotatable bonds is 14. The average molecular weight is 591 g/mol. The lowest BCUT2D eigenvalue weighted by atomic mass is 10.0. The minimum atomic E-state index is -0.760. The molecule has 2 aliphatic rings. The highest BCUT2D eigenvalue weighted by molar-refractivity contribution is 6.08. The van der Waals surface area contributed by atoms with Crippen LogP contribution in [-0.2, 0) is 30.3 Å². The fourth-order valence-corrected chi connectivity index (χ4v) is 5.06. The largest absolute Gasteiger partial charge is 0.382 e. The molecule has 2 aliphatic heterocycles. The van der Waals surface area contributed by atoms with Gasteiger partial charge in [0.05, 0.1) is 45.3 Å². The Kier molecular flexibility index (Phi) is 9.89. The van der Waals surface area contributed by atoms with E-state index in [1.807, 2.05) is 30.3 Å². The van der Waals surface area contributed by atoms with Crippen LogP contribution in [0.1, 0.15) is 39.3 Å². The van der Waals surface area contributed by atoms with Crippen LogP contribution in [0.25, 0.3) is 10.9 Å². The van der Waals surface area contributed by atoms with Gasteiger partial charge in [0.25, 0.3) is 11.8 Å². The van der Waals surface area contributed by atoms with Gasteiger partial charge in [-0.05, 0) is 30.7 Å². The van der Waals surface area contributed by atoms with Crippen LogP contribution < -0.4 is 21.7 Å². The number of nitrogens with one attached hydrogen (secondary N) is 3. The number of fused-ring (bicyclic) bond motifs is 2. The van der Waals surface area contributed by atoms with Gasteiger partial charge in [-0.2, -0.15) is 0 Å². The number of nitrogens with two attached hydrogens (primary N) is 1. The highest BCUT2D eigenvalue weighted by atomic mass is 16.5. The number of anilines is 2. The van der Waals surface area contributed by atoms with Crippen LogP contribution in [0.4, 0.5) is 11.4 Å². The molecule has 0 radical (unpaired) electrons. The van der Waals surface area contributed by atoms with Crippen molar-refractivity contribution in [2.75, 3.05) is 56.9 Å². The first-order chi connectivity index (χ1) is 20.9. The van der Waals surface area contributed by atoms with Gasteiger partial charge in [0.15, 0.2) is 0 Å². The Morgan fingerprint density at radius 1 is 1.00 bits per heavy atom. The number of nitrogens with zero attached hydrogens (tertiary/aromatic N) is 2. The average Bonchev–Trinajstić information content (AvgIpc) is 3.33. The van der Waals surface area contributed by atoms with Crippen molar-refractivity contribution in [2.24, 2.45) is 5.73 Å². The molecule has 5 rings (SSSR count). The van der Waals surface area contributed by atoms with Crippen LogP contribution in [0, 0.1) is 0 Å². The number of amides is 4. The van der Waals surface area contributed by atoms with E-state index in [0.717, 1.165) is 5.39 Å². The fourth-order valence-electron chi connectivity index (χ4n) is 5.06. The Bertz CT molecular complexity index is 1510. The van der Waals surface area contributed by atoms with E-state index in [2.05, 4.69) is 20.9 Å². The molecule has 0 spiro atoms. The minimum absolute atomic E-state index is 0.150. The molecule has 13 nitrogen and oxygen atoms in total. The number of para-hydroxylation sites is 1. The summed E-state index contributed by atoms with van der Waals surface area (Å²) in [5.41, 5.74) is 8.27. The van der Waals surface area contributed by atoms with Crippen LogP contribution in [0.3, 0.4) is 0 Å². The van der Waals surface area contributed by atoms with Crippen molar-refractivity contribution in [3.8, 4) is 0 Å². The number of piperidine rings is 1. The maximum atomic E-state index is 13.5. The maximum absolute atomic E-state index is 13.5. The highest BCUT2D eigenvalue weighted by Gasteiger charge is 2.40. The van der Waals surface area contributed by atoms with Crippen LogP contribution >= 0.6 is 0 Å². The van der Waals surface area contributed by atoms with Gasteiger partial charge in [0, 0.05) is 47.4 Å². The quantitative estimate of drug-likeness (QED) is 0.123. The molecular weight excluding hydrogens is 556 g/mol. The van der Waals surface area contributed by atoms with Gasteiger partial charge < -0.3 is 35.5 Å². The highest BCUT2D eigenvalue weighted by Crippen LogP contribution is 2.35. The molecule has 3 aromatic rings. The van der Waals surface area contributed by atoms with E-state index in [1.165, 1.54) is 4.90 Å². The van der Waals surface area contributed by atoms with Gasteiger partial charge in [0.2, 0.25) is 11.8 Å². The topological polar surface area (TPSA) is 174 Å². The van der Waals surface area contributed by atoms with Crippen molar-refractivity contribution in [1.82, 2.24) is 15.2 Å². The molecule has 0 aliphatic carbocycles. The summed E-state index contributed by atoms with van der Waals surface area (Å²) in [4.78, 5) is 56.9. The number of carbonyl (C=O) groups is 4. The van der Waals surface area contributed by atoms with Crippen LogP contribution in [0.2, 0.25) is 0 Å². The summed E-state index contributed by atoms with van der Waals surface area (Å²) in [7, 11) is 0. The van der Waals surface area contributed by atoms with Gasteiger partial charge in [0.1, 0.15) is 11.7 Å². The molecule has 1 atom stereocenters. The molecule has 43 heavy (non-hydrogen) atoms. The summed E-state index contributed by atoms with van der Waals surface area (Å²) in [6.45, 7) is 2.75. The molecule has 1 saturated heterocycles. The Morgan fingerprint density at radius 2 is 1.77 bits per heavy atom. The molecule has 5 N–H and O–H groups in total. The first-order valence-electron chi connectivity index (χ1n) is 14.1. The number of aromatic nitrogens is 1. The second-order valence-electron chi connectivity index (χ2n) is 10.0. The summed E-state index contributed by atoms with van der Waals surface area (Å²) >= 11 is 0. The molecule has 2 aromatic carbocycles. The molecule has 0 saturated carbocycles. The Balaban J connectivity index is 1.29. The first kappa shape index (κ1) is 30.0. The standard InChI is InChI=1S/C30H34N6O7/c31-18-43-14-13-42-12-11-41-10-9-32-25-16-20(33-28(38)24-6-5-19-3-1-2-4-23(19)34-24)15-21-22(25)17-36(30(21)40)26-7-8-27(37)35-29(26)39/h1-6,15-16,26,32H,7-14,17-18,31H2,(H,33,38)(H,35,37,39). The van der Waals surface area contributed by atoms with E-state index in [-0.39, 0.29) is 43.6 Å². The van der Waals surface area contributed by atoms with Crippen molar-refractivity contribution >= 4 is 45.9 Å². The monoisotopic (exact) mass is 590 g/mol. The van der Waals surface area contributed by atoms with Crippen LogP contribution in [-0.4, -0.2) is 85.9 Å². The SMILES string of the molecule is NCOCCOCCOCCNc1cc(NC(=O)c2ccc3ccccc3n2)cc2c1CN(C1CCC(=O)NC1=O)C2=O. The number of hydrogen-bond donors (Lipinski definition) is 4. The van der Waals surface area contributed by atoms with E-state index >= 15 is 0 Å². The summed E-state index contributed by atoms with van der Waals surface area (Å²) in [6, 6.07) is 13.6. The van der Waals surface area contributed by atoms with Gasteiger partial charge in [-0.3, -0.25) is 24.5 Å². The van der Waals surface area contributed by atoms with Gasteiger partial charge in [-0.15, -0.1) is 0 Å². The predicted molar refractivity (Wildman–Crippen MR) is 157 cm³/mol. The molecule has 1 unspecified atom stereocenters. The first-order valence-corrected chi connectivity index (χ1v) is 14.1. The zero-order valence-corrected chi connectivity index (χ0v) is 23.6. The third-order valence-electron chi connectivity index (χ3n) is 7.17. The molecule has 1 aromatic heterocycles. The number of hydrogen-bond acceptors (Lipinski definition) is 10. The number of ether oxygens (including phenoxy) is 3. The zero-order valence-electron chi connectivity index (χ0n) is 23.6. The van der Waals surface area contributed by atoms with Crippen molar-refractivity contribution in [3.05, 3.63) is 65.4 Å². The van der Waals surface area contributed by atoms with E-state index < -0.39 is 17.9 Å². The van der Waals surface area contributed by atoms with Crippen molar-refractivity contribution in [3.63, 3.8) is 0 Å². The second-order valence-corrected chi connectivity index (χ2v) is 10.0. The molecule has 1 fully saturated rings. The second kappa shape index (κ2) is 14.2. The fraction of sp³-hybridized carbons (Fsp3) is 0.367. The van der Waals surface area contributed by atoms with Gasteiger partial charge >= 0.3 is 0 Å². The number of benzene rings is 2. The minimum Gasteiger partial charge on any atom is -0.382 e. The molecular formula is C30H34N6O7. The summed E-state index contributed by atoms with van der Waals surface area (Å²) in [5.74, 6) is -1.62. The summed E-state index contributed by atoms with van der Waals surface area (Å²) < 4.78 is 16.1. The summed E-state index contributed by atoms with van der Waals surface area (Å²) in [6.07, 6.45) is 0.404. The lowest BCUT2D eigenvalue weighted by molar-refractivity contribution is -0.136. The zero-order chi connectivity index (χ0) is 30.2. The maximum Gasteiger partial charge on any atom is 0.274 e. The normalized spacial score (nSPS) is 16.3. The van der Waals surface area contributed by atoms with Gasteiger partial charge in [-0.25, -0.2) is 4.98 Å². The molecule has 4 amide bonds. The van der Waals surface area contributed by atoms with Crippen molar-refractivity contribution < 1.29 is 33.4 Å². The lowest BCUT2D eigenvalue weighted by Crippen LogP contribution is -2.52. The van der Waals surface area contributed by atoms with Crippen molar-refractivity contribution in [2.45, 2.75) is 25.4 Å². The number of pyridine rings is 1. The van der Waals surface area contributed by atoms with Gasteiger partial charge in [-0.1, -0.05) is 24.3 Å². The Labute approximate surface area is 248 Å². The smallest absolute Gasteiger partial charge is 0.274 e. The lowest BCUT2D eigenvalue weighted by Gasteiger charge is -2.29. The van der Waals surface area contributed by atoms with Crippen LogP contribution in [0.15, 0.2) is 48.5 Å². The third-order valence-corrected chi connectivity index (χ3v) is 7.17. The van der Waals surface area contributed by atoms with E-state index in [1.54, 1.807) is 18.2 Å². The molecule has 13 heteroatoms. The number of imide groups is 1. The third kappa shape index (κ3) is 7.32. The molecule has 226 valence electrons. The van der Waals surface area contributed by atoms with Crippen molar-refractivity contribution in [1.29, 1.82) is 0 Å². The number of carbonyl (C=O) groups excluding carboxylic acids is 4. The molecule has 0 bridgehead atoms. The Morgan fingerprint density at radius 3 is 2.56 bits per heavy atom. The van der Waals surface area contributed by atoms with E-state index in [0.29, 0.717) is 67.6 Å². The Hall–Kier alpha value is -4.43. The van der Waals surface area contributed by atoms with E-state index in [9.17, 15) is 19.2 Å². The predicted octanol–water partition coefficient (Wildman–Crippen LogP) is 1.63. The van der Waals surface area contributed by atoms with Crippen LogP contribution in [0.5, 0.6) is 0 Å². The van der Waals surface area contributed by atoms with E-state index in [4.69, 9.17) is 19.9 Å². The molecule has 3 heterocycles. The summed E-state index contributed by atoms with van der Waals surface area (Å²) in [5, 5.41) is 9.40.